The molecule has 2 bridgehead atoms. The van der Waals surface area contributed by atoms with Crippen molar-refractivity contribution < 1.29 is 9.90 Å². The number of hydrogen-bond donors (Lipinski definition) is 2. The summed E-state index contributed by atoms with van der Waals surface area (Å²) < 4.78 is 0. The zero-order valence-corrected chi connectivity index (χ0v) is 5.71. The van der Waals surface area contributed by atoms with Crippen molar-refractivity contribution in [1.82, 2.24) is 5.32 Å². The molecule has 2 aliphatic rings. The van der Waals surface area contributed by atoms with Crippen LogP contribution in [-0.2, 0) is 4.79 Å². The lowest BCUT2D eigenvalue weighted by molar-refractivity contribution is -0.142. The first-order valence-corrected chi connectivity index (χ1v) is 3.75. The monoisotopic (exact) mass is 141 g/mol. The van der Waals surface area contributed by atoms with E-state index in [2.05, 4.69) is 5.32 Å². The fourth-order valence-corrected chi connectivity index (χ4v) is 2.22. The summed E-state index contributed by atoms with van der Waals surface area (Å²) >= 11 is 0. The van der Waals surface area contributed by atoms with Crippen LogP contribution in [0.2, 0.25) is 0 Å². The molecular formula is C7H11NO2. The van der Waals surface area contributed by atoms with Crippen LogP contribution in [0.4, 0.5) is 0 Å². The molecule has 0 spiro atoms. The van der Waals surface area contributed by atoms with Crippen molar-refractivity contribution in [1.29, 1.82) is 0 Å². The quantitative estimate of drug-likeness (QED) is 0.543. The van der Waals surface area contributed by atoms with Gasteiger partial charge in [-0.25, -0.2) is 0 Å². The van der Waals surface area contributed by atoms with Crippen LogP contribution in [-0.4, -0.2) is 23.7 Å². The van der Waals surface area contributed by atoms with E-state index < -0.39 is 5.97 Å². The molecule has 0 radical (unpaired) electrons. The number of rotatable bonds is 1. The number of carboxylic acid groups (broad SMARTS) is 1. The number of nitrogens with one attached hydrogen (secondary N) is 1. The van der Waals surface area contributed by atoms with E-state index in [4.69, 9.17) is 5.11 Å². The van der Waals surface area contributed by atoms with E-state index in [1.165, 1.54) is 0 Å². The van der Waals surface area contributed by atoms with E-state index in [9.17, 15) is 4.79 Å². The highest BCUT2D eigenvalue weighted by Gasteiger charge is 2.45. The highest BCUT2D eigenvalue weighted by atomic mass is 16.4. The fraction of sp³-hybridized carbons (Fsp3) is 0.857. The third-order valence-corrected chi connectivity index (χ3v) is 2.72. The summed E-state index contributed by atoms with van der Waals surface area (Å²) in [5, 5.41) is 12.0. The number of carbonyl (C=O) groups is 1. The molecule has 56 valence electrons. The normalized spacial score (nSPS) is 44.2. The molecule has 1 aliphatic heterocycles. The first-order valence-electron chi connectivity index (χ1n) is 3.75. The first kappa shape index (κ1) is 6.16. The van der Waals surface area contributed by atoms with E-state index in [0.29, 0.717) is 5.92 Å². The largest absolute Gasteiger partial charge is 0.481 e. The molecule has 0 aromatic carbocycles. The fourth-order valence-electron chi connectivity index (χ4n) is 2.22. The summed E-state index contributed by atoms with van der Waals surface area (Å²) in [5.74, 6) is -0.278. The number of aliphatic carboxylic acids is 1. The number of carboxylic acids is 1. The van der Waals surface area contributed by atoms with Crippen LogP contribution in [0.5, 0.6) is 0 Å². The highest BCUT2D eigenvalue weighted by molar-refractivity contribution is 5.72. The average molecular weight is 141 g/mol. The minimum absolute atomic E-state index is 0.0833. The van der Waals surface area contributed by atoms with Gasteiger partial charge in [-0.15, -0.1) is 0 Å². The molecule has 1 aliphatic carbocycles. The Hall–Kier alpha value is -0.570. The molecule has 1 heterocycles. The van der Waals surface area contributed by atoms with Gasteiger partial charge in [0.15, 0.2) is 0 Å². The Labute approximate surface area is 59.4 Å². The van der Waals surface area contributed by atoms with Gasteiger partial charge < -0.3 is 10.4 Å². The lowest BCUT2D eigenvalue weighted by atomic mass is 9.99. The lowest BCUT2D eigenvalue weighted by Crippen LogP contribution is -2.28. The van der Waals surface area contributed by atoms with Gasteiger partial charge in [-0.3, -0.25) is 4.79 Å². The van der Waals surface area contributed by atoms with Crippen LogP contribution < -0.4 is 5.32 Å². The van der Waals surface area contributed by atoms with Gasteiger partial charge in [0.1, 0.15) is 0 Å². The third-order valence-electron chi connectivity index (χ3n) is 2.72. The molecule has 3 nitrogen and oxygen atoms in total. The van der Waals surface area contributed by atoms with E-state index in [0.717, 1.165) is 19.4 Å². The molecule has 1 saturated carbocycles. The van der Waals surface area contributed by atoms with E-state index in [1.807, 2.05) is 0 Å². The summed E-state index contributed by atoms with van der Waals surface area (Å²) in [6.45, 7) is 0.918. The molecule has 0 unspecified atom stereocenters. The molecule has 1 saturated heterocycles. The Balaban J connectivity index is 2.16. The molecule has 10 heavy (non-hydrogen) atoms. The van der Waals surface area contributed by atoms with Crippen LogP contribution in [0, 0.1) is 11.8 Å². The van der Waals surface area contributed by atoms with Gasteiger partial charge in [0.2, 0.25) is 0 Å². The van der Waals surface area contributed by atoms with Crippen molar-refractivity contribution in [3.63, 3.8) is 0 Å². The van der Waals surface area contributed by atoms with E-state index in [1.54, 1.807) is 0 Å². The molecule has 2 rings (SSSR count). The predicted molar refractivity (Wildman–Crippen MR) is 35.6 cm³/mol. The van der Waals surface area contributed by atoms with Gasteiger partial charge in [-0.2, -0.15) is 0 Å². The SMILES string of the molecule is O=C(O)[C@H]1[C@H]2CC[C@H]1NC2. The van der Waals surface area contributed by atoms with Crippen molar-refractivity contribution >= 4 is 5.97 Å². The van der Waals surface area contributed by atoms with Gasteiger partial charge >= 0.3 is 5.97 Å². The molecule has 3 heteroatoms. The zero-order valence-electron chi connectivity index (χ0n) is 5.71. The molecule has 0 amide bonds. The van der Waals surface area contributed by atoms with Crippen LogP contribution in [0.1, 0.15) is 12.8 Å². The predicted octanol–water partition coefficient (Wildman–Crippen LogP) is 0.0690. The van der Waals surface area contributed by atoms with Gasteiger partial charge in [-0.1, -0.05) is 0 Å². The van der Waals surface area contributed by atoms with Gasteiger partial charge in [0.05, 0.1) is 5.92 Å². The van der Waals surface area contributed by atoms with Crippen LogP contribution in [0.3, 0.4) is 0 Å². The second-order valence-corrected chi connectivity index (χ2v) is 3.22. The standard InChI is InChI=1S/C7H11NO2/c9-7(10)6-4-1-2-5(6)8-3-4/h4-6,8H,1-3H2,(H,9,10)/t4-,5+,6-/m0/s1. The van der Waals surface area contributed by atoms with Crippen LogP contribution in [0.25, 0.3) is 0 Å². The minimum Gasteiger partial charge on any atom is -0.481 e. The summed E-state index contributed by atoms with van der Waals surface area (Å²) in [6.07, 6.45) is 2.16. The maximum Gasteiger partial charge on any atom is 0.308 e. The number of hydrogen-bond acceptors (Lipinski definition) is 2. The third kappa shape index (κ3) is 0.669. The Morgan fingerprint density at radius 2 is 2.30 bits per heavy atom. The lowest BCUT2D eigenvalue weighted by Gasteiger charge is -2.08. The summed E-state index contributed by atoms with van der Waals surface area (Å²) in [5.41, 5.74) is 0. The van der Waals surface area contributed by atoms with E-state index in [-0.39, 0.29) is 12.0 Å². The Morgan fingerprint density at radius 1 is 1.50 bits per heavy atom. The zero-order chi connectivity index (χ0) is 7.14. The summed E-state index contributed by atoms with van der Waals surface area (Å²) in [4.78, 5) is 10.6. The maximum absolute atomic E-state index is 10.6. The second-order valence-electron chi connectivity index (χ2n) is 3.22. The van der Waals surface area contributed by atoms with Crippen LogP contribution >= 0.6 is 0 Å². The number of piperidine rings is 1. The summed E-state index contributed by atoms with van der Waals surface area (Å²) in [6, 6.07) is 0.280. The molecule has 0 aromatic heterocycles. The molecule has 0 aromatic rings. The van der Waals surface area contributed by atoms with Gasteiger partial charge in [0.25, 0.3) is 0 Å². The average Bonchev–Trinajstić information content (AvgIpc) is 2.43. The molecular weight excluding hydrogens is 130 g/mol. The van der Waals surface area contributed by atoms with Crippen molar-refractivity contribution in [3.05, 3.63) is 0 Å². The summed E-state index contributed by atoms with van der Waals surface area (Å²) in [7, 11) is 0. The number of fused-ring (bicyclic) bond motifs is 2. The Morgan fingerprint density at radius 3 is 2.50 bits per heavy atom. The van der Waals surface area contributed by atoms with Crippen molar-refractivity contribution in [3.8, 4) is 0 Å². The first-order chi connectivity index (χ1) is 4.79. The Kier molecular flexibility index (Phi) is 1.20. The Bertz CT molecular complexity index is 149. The highest BCUT2D eigenvalue weighted by Crippen LogP contribution is 2.36. The smallest absolute Gasteiger partial charge is 0.308 e. The van der Waals surface area contributed by atoms with Gasteiger partial charge in [0, 0.05) is 6.04 Å². The minimum atomic E-state index is -0.613. The van der Waals surface area contributed by atoms with Gasteiger partial charge in [-0.05, 0) is 25.3 Å². The van der Waals surface area contributed by atoms with Crippen LogP contribution in [0.15, 0.2) is 0 Å². The van der Waals surface area contributed by atoms with Crippen molar-refractivity contribution in [2.24, 2.45) is 11.8 Å². The second kappa shape index (κ2) is 1.95. The van der Waals surface area contributed by atoms with Crippen molar-refractivity contribution in [2.45, 2.75) is 18.9 Å². The van der Waals surface area contributed by atoms with E-state index >= 15 is 0 Å². The molecule has 2 fully saturated rings. The molecule has 2 N–H and O–H groups in total. The van der Waals surface area contributed by atoms with Crippen molar-refractivity contribution in [2.75, 3.05) is 6.54 Å². The maximum atomic E-state index is 10.6. The topological polar surface area (TPSA) is 49.3 Å². The molecule has 3 atom stereocenters.